The van der Waals surface area contributed by atoms with Crippen molar-refractivity contribution >= 4 is 34.0 Å². The van der Waals surface area contributed by atoms with Crippen LogP contribution in [0.1, 0.15) is 4.88 Å². The molecule has 3 N–H and O–H groups in total. The van der Waals surface area contributed by atoms with E-state index in [2.05, 4.69) is 20.3 Å². The first kappa shape index (κ1) is 10.9. The molecule has 3 rings (SSSR count). The number of anilines is 2. The van der Waals surface area contributed by atoms with Crippen molar-refractivity contribution in [1.82, 2.24) is 15.0 Å². The molecule has 5 nitrogen and oxygen atoms in total. The van der Waals surface area contributed by atoms with Gasteiger partial charge in [-0.2, -0.15) is 0 Å². The monoisotopic (exact) mass is 257 g/mol. The lowest BCUT2D eigenvalue weighted by atomic mass is 10.3. The van der Waals surface area contributed by atoms with Gasteiger partial charge >= 0.3 is 0 Å². The van der Waals surface area contributed by atoms with Gasteiger partial charge < -0.3 is 11.1 Å². The maximum atomic E-state index is 5.88. The number of rotatable bonds is 3. The van der Waals surface area contributed by atoms with E-state index >= 15 is 0 Å². The molecule has 3 aromatic rings. The van der Waals surface area contributed by atoms with Crippen LogP contribution in [-0.2, 0) is 6.54 Å². The fourth-order valence-corrected chi connectivity index (χ4v) is 2.18. The Kier molecular flexibility index (Phi) is 2.77. The number of nitrogens with two attached hydrogens (primary N) is 1. The molecule has 0 atom stereocenters. The summed E-state index contributed by atoms with van der Waals surface area (Å²) in [6, 6.07) is 7.66. The Morgan fingerprint density at radius 1 is 1.17 bits per heavy atom. The van der Waals surface area contributed by atoms with Gasteiger partial charge in [-0.15, -0.1) is 11.3 Å². The summed E-state index contributed by atoms with van der Waals surface area (Å²) in [7, 11) is 0. The average molecular weight is 257 g/mol. The predicted octanol–water partition coefficient (Wildman–Crippen LogP) is 2.28. The van der Waals surface area contributed by atoms with E-state index in [1.165, 1.54) is 0 Å². The number of hydrogen-bond acceptors (Lipinski definition) is 6. The Labute approximate surface area is 108 Å². The standard InChI is InChI=1S/C12H11N5S/c13-11-12(15-6-8-5-14-7-18-8)17-10-4-2-1-3-9(10)16-11/h1-5,7H,6H2,(H2,13,16)(H,15,17). The fourth-order valence-electron chi connectivity index (χ4n) is 1.64. The third-order valence-electron chi connectivity index (χ3n) is 2.51. The molecule has 0 saturated carbocycles. The highest BCUT2D eigenvalue weighted by atomic mass is 32.1. The first-order valence-electron chi connectivity index (χ1n) is 5.46. The van der Waals surface area contributed by atoms with Crippen LogP contribution in [0.3, 0.4) is 0 Å². The van der Waals surface area contributed by atoms with Crippen molar-refractivity contribution in [2.24, 2.45) is 0 Å². The number of para-hydroxylation sites is 2. The van der Waals surface area contributed by atoms with E-state index in [-0.39, 0.29) is 0 Å². The lowest BCUT2D eigenvalue weighted by Gasteiger charge is -2.07. The van der Waals surface area contributed by atoms with Gasteiger partial charge in [0.15, 0.2) is 11.6 Å². The Morgan fingerprint density at radius 2 is 1.94 bits per heavy atom. The number of aromatic nitrogens is 3. The van der Waals surface area contributed by atoms with Gasteiger partial charge in [-0.05, 0) is 12.1 Å². The van der Waals surface area contributed by atoms with Crippen LogP contribution in [0, 0.1) is 0 Å². The molecule has 2 aromatic heterocycles. The quantitative estimate of drug-likeness (QED) is 0.752. The number of nitrogen functional groups attached to an aromatic ring is 1. The summed E-state index contributed by atoms with van der Waals surface area (Å²) in [4.78, 5) is 13.9. The van der Waals surface area contributed by atoms with Crippen molar-refractivity contribution in [2.75, 3.05) is 11.1 Å². The van der Waals surface area contributed by atoms with E-state index in [0.29, 0.717) is 18.2 Å². The summed E-state index contributed by atoms with van der Waals surface area (Å²) in [5, 5.41) is 3.18. The molecule has 0 aliphatic rings. The number of benzene rings is 1. The molecule has 6 heteroatoms. The highest BCUT2D eigenvalue weighted by Crippen LogP contribution is 2.19. The summed E-state index contributed by atoms with van der Waals surface area (Å²) >= 11 is 1.59. The minimum atomic E-state index is 0.415. The zero-order chi connectivity index (χ0) is 12.4. The molecule has 18 heavy (non-hydrogen) atoms. The second-order valence-electron chi connectivity index (χ2n) is 3.77. The third-order valence-corrected chi connectivity index (χ3v) is 3.29. The minimum absolute atomic E-state index is 0.415. The smallest absolute Gasteiger partial charge is 0.169 e. The normalized spacial score (nSPS) is 10.7. The summed E-state index contributed by atoms with van der Waals surface area (Å²) in [6.45, 7) is 0.655. The molecule has 0 aliphatic carbocycles. The van der Waals surface area contributed by atoms with Crippen molar-refractivity contribution in [1.29, 1.82) is 0 Å². The molecule has 0 bridgehead atoms. The second-order valence-corrected chi connectivity index (χ2v) is 4.74. The van der Waals surface area contributed by atoms with Gasteiger partial charge in [0.25, 0.3) is 0 Å². The van der Waals surface area contributed by atoms with Crippen LogP contribution in [0.25, 0.3) is 11.0 Å². The van der Waals surface area contributed by atoms with E-state index in [1.54, 1.807) is 16.8 Å². The number of nitrogens with zero attached hydrogens (tertiary/aromatic N) is 3. The topological polar surface area (TPSA) is 76.7 Å². The molecular weight excluding hydrogens is 246 g/mol. The molecule has 0 unspecified atom stereocenters. The molecule has 0 spiro atoms. The molecule has 0 saturated heterocycles. The van der Waals surface area contributed by atoms with Crippen molar-refractivity contribution in [3.63, 3.8) is 0 Å². The van der Waals surface area contributed by atoms with Crippen molar-refractivity contribution < 1.29 is 0 Å². The van der Waals surface area contributed by atoms with Crippen LogP contribution < -0.4 is 11.1 Å². The first-order chi connectivity index (χ1) is 8.83. The van der Waals surface area contributed by atoms with E-state index in [0.717, 1.165) is 15.9 Å². The van der Waals surface area contributed by atoms with E-state index < -0.39 is 0 Å². The number of fused-ring (bicyclic) bond motifs is 1. The molecule has 0 fully saturated rings. The fraction of sp³-hybridized carbons (Fsp3) is 0.0833. The maximum absolute atomic E-state index is 5.88. The Hall–Kier alpha value is -2.21. The van der Waals surface area contributed by atoms with Crippen LogP contribution in [0.2, 0.25) is 0 Å². The highest BCUT2D eigenvalue weighted by molar-refractivity contribution is 7.09. The zero-order valence-corrected chi connectivity index (χ0v) is 10.3. The SMILES string of the molecule is Nc1nc2ccccc2nc1NCc1cncs1. The average Bonchev–Trinajstić information content (AvgIpc) is 2.89. The van der Waals surface area contributed by atoms with Crippen LogP contribution in [-0.4, -0.2) is 15.0 Å². The zero-order valence-electron chi connectivity index (χ0n) is 9.50. The van der Waals surface area contributed by atoms with E-state index in [1.807, 2.05) is 30.5 Å². The molecule has 1 aromatic carbocycles. The number of hydrogen-bond donors (Lipinski definition) is 2. The van der Waals surface area contributed by atoms with Gasteiger partial charge in [-0.1, -0.05) is 12.1 Å². The first-order valence-corrected chi connectivity index (χ1v) is 6.34. The predicted molar refractivity (Wildman–Crippen MR) is 73.4 cm³/mol. The van der Waals surface area contributed by atoms with Crippen molar-refractivity contribution in [2.45, 2.75) is 6.54 Å². The highest BCUT2D eigenvalue weighted by Gasteiger charge is 2.05. The minimum Gasteiger partial charge on any atom is -0.381 e. The molecule has 0 radical (unpaired) electrons. The van der Waals surface area contributed by atoms with Gasteiger partial charge in [0.1, 0.15) is 0 Å². The second kappa shape index (κ2) is 4.58. The number of thiazole rings is 1. The van der Waals surface area contributed by atoms with Crippen LogP contribution in [0.15, 0.2) is 36.0 Å². The van der Waals surface area contributed by atoms with Gasteiger partial charge in [0, 0.05) is 11.1 Å². The molecule has 2 heterocycles. The lowest BCUT2D eigenvalue weighted by Crippen LogP contribution is -2.05. The Morgan fingerprint density at radius 3 is 2.67 bits per heavy atom. The van der Waals surface area contributed by atoms with Gasteiger partial charge in [0.05, 0.1) is 23.1 Å². The van der Waals surface area contributed by atoms with E-state index in [4.69, 9.17) is 5.73 Å². The molecule has 0 amide bonds. The van der Waals surface area contributed by atoms with Gasteiger partial charge in [-0.3, -0.25) is 4.98 Å². The van der Waals surface area contributed by atoms with Gasteiger partial charge in [-0.25, -0.2) is 9.97 Å². The largest absolute Gasteiger partial charge is 0.381 e. The van der Waals surface area contributed by atoms with Crippen molar-refractivity contribution in [3.8, 4) is 0 Å². The Balaban J connectivity index is 1.89. The lowest BCUT2D eigenvalue weighted by molar-refractivity contribution is 1.13. The summed E-state index contributed by atoms with van der Waals surface area (Å²) in [5.41, 5.74) is 9.31. The molecule has 90 valence electrons. The third kappa shape index (κ3) is 2.10. The molecule has 0 aliphatic heterocycles. The molecular formula is C12H11N5S. The Bertz CT molecular complexity index is 665. The van der Waals surface area contributed by atoms with Gasteiger partial charge in [0.2, 0.25) is 0 Å². The van der Waals surface area contributed by atoms with Crippen LogP contribution >= 0.6 is 11.3 Å². The van der Waals surface area contributed by atoms with Crippen LogP contribution in [0.5, 0.6) is 0 Å². The van der Waals surface area contributed by atoms with E-state index in [9.17, 15) is 0 Å². The summed E-state index contributed by atoms with van der Waals surface area (Å²) in [5.74, 6) is 1.03. The summed E-state index contributed by atoms with van der Waals surface area (Å²) < 4.78 is 0. The number of nitrogens with one attached hydrogen (secondary N) is 1. The van der Waals surface area contributed by atoms with Crippen molar-refractivity contribution in [3.05, 3.63) is 40.8 Å². The maximum Gasteiger partial charge on any atom is 0.169 e. The summed E-state index contributed by atoms with van der Waals surface area (Å²) in [6.07, 6.45) is 1.82. The van der Waals surface area contributed by atoms with Crippen LogP contribution in [0.4, 0.5) is 11.6 Å².